The Morgan fingerprint density at radius 1 is 0.889 bits per heavy atom. The minimum Gasteiger partial charge on any atom is -1.00 e. The van der Waals surface area contributed by atoms with Gasteiger partial charge in [0.15, 0.2) is 0 Å². The number of hydrogen-bond acceptors (Lipinski definition) is 3. The Hall–Kier alpha value is -1.18. The maximum Gasteiger partial charge on any atom is 0.0896 e. The van der Waals surface area contributed by atoms with Gasteiger partial charge < -0.3 is 28.5 Å². The second-order valence-electron chi connectivity index (χ2n) is 6.92. The highest BCUT2D eigenvalue weighted by Gasteiger charge is 2.19. The molecule has 0 radical (unpaired) electrons. The molecule has 5 heteroatoms. The second kappa shape index (κ2) is 10.4. The summed E-state index contributed by atoms with van der Waals surface area (Å²) in [5.74, 6) is 1.08. The van der Waals surface area contributed by atoms with E-state index in [-0.39, 0.29) is 24.0 Å². The standard InChI is InChI=1S/C22H28N3S.HI/c1-4-25(3,5-2)15-16-26-22-17-21(18-11-7-6-8-12-18)23-19-13-9-10-14-20(19)24-22;/h6-14H,4-5,15-17H2,1-3H3;1H/q+1;/p-1. The summed E-state index contributed by atoms with van der Waals surface area (Å²) in [5, 5.41) is 1.16. The lowest BCUT2D eigenvalue weighted by molar-refractivity contribution is -0.903. The first-order valence-corrected chi connectivity index (χ1v) is 10.4. The molecule has 2 aromatic rings. The number of thioether (sulfide) groups is 1. The van der Waals surface area contributed by atoms with Crippen molar-refractivity contribution >= 4 is 33.9 Å². The van der Waals surface area contributed by atoms with Crippen LogP contribution in [-0.4, -0.2) is 47.7 Å². The van der Waals surface area contributed by atoms with E-state index in [2.05, 4.69) is 57.3 Å². The number of quaternary nitrogens is 1. The third-order valence-electron chi connectivity index (χ3n) is 5.23. The zero-order valence-corrected chi connectivity index (χ0v) is 19.3. The van der Waals surface area contributed by atoms with Gasteiger partial charge in [-0.3, -0.25) is 4.99 Å². The summed E-state index contributed by atoms with van der Waals surface area (Å²) >= 11 is 1.88. The molecule has 3 nitrogen and oxygen atoms in total. The summed E-state index contributed by atoms with van der Waals surface area (Å²) < 4.78 is 1.11. The van der Waals surface area contributed by atoms with E-state index in [4.69, 9.17) is 9.98 Å². The molecule has 3 rings (SSSR count). The predicted octanol–water partition coefficient (Wildman–Crippen LogP) is 2.46. The molecular formula is C22H28IN3S. The van der Waals surface area contributed by atoms with E-state index in [0.29, 0.717) is 0 Å². The second-order valence-corrected chi connectivity index (χ2v) is 8.09. The van der Waals surface area contributed by atoms with Crippen molar-refractivity contribution < 1.29 is 28.5 Å². The molecule has 0 unspecified atom stereocenters. The lowest BCUT2D eigenvalue weighted by Crippen LogP contribution is -3.00. The van der Waals surface area contributed by atoms with Crippen LogP contribution in [-0.2, 0) is 0 Å². The summed E-state index contributed by atoms with van der Waals surface area (Å²) in [4.78, 5) is 9.88. The van der Waals surface area contributed by atoms with Crippen LogP contribution in [0.5, 0.6) is 0 Å². The monoisotopic (exact) mass is 493 g/mol. The maximum absolute atomic E-state index is 4.94. The van der Waals surface area contributed by atoms with Crippen molar-refractivity contribution in [1.82, 2.24) is 0 Å². The Morgan fingerprint density at radius 3 is 2.11 bits per heavy atom. The highest BCUT2D eigenvalue weighted by atomic mass is 127. The summed E-state index contributed by atoms with van der Waals surface area (Å²) in [7, 11) is 2.33. The van der Waals surface area contributed by atoms with Gasteiger partial charge in [0.05, 0.1) is 48.8 Å². The zero-order chi connectivity index (χ0) is 18.4. The van der Waals surface area contributed by atoms with Crippen molar-refractivity contribution in [3.8, 4) is 0 Å². The van der Waals surface area contributed by atoms with Crippen molar-refractivity contribution in [2.75, 3.05) is 32.4 Å². The average molecular weight is 493 g/mol. The van der Waals surface area contributed by atoms with Gasteiger partial charge >= 0.3 is 0 Å². The number of benzene rings is 2. The van der Waals surface area contributed by atoms with Gasteiger partial charge in [-0.25, -0.2) is 4.99 Å². The normalized spacial score (nSPS) is 13.7. The van der Waals surface area contributed by atoms with Crippen LogP contribution in [0.2, 0.25) is 0 Å². The van der Waals surface area contributed by atoms with Gasteiger partial charge in [0.25, 0.3) is 0 Å². The van der Waals surface area contributed by atoms with E-state index >= 15 is 0 Å². The van der Waals surface area contributed by atoms with Crippen LogP contribution in [0.4, 0.5) is 11.4 Å². The highest BCUT2D eigenvalue weighted by Crippen LogP contribution is 2.33. The fraction of sp³-hybridized carbons (Fsp3) is 0.364. The third kappa shape index (κ3) is 5.90. The molecule has 144 valence electrons. The number of halogens is 1. The van der Waals surface area contributed by atoms with Gasteiger partial charge in [0, 0.05) is 12.2 Å². The lowest BCUT2D eigenvalue weighted by atomic mass is 10.1. The molecule has 0 amide bonds. The first-order chi connectivity index (χ1) is 12.6. The van der Waals surface area contributed by atoms with Crippen molar-refractivity contribution in [3.63, 3.8) is 0 Å². The molecule has 0 bridgehead atoms. The number of fused-ring (bicyclic) bond motifs is 1. The highest BCUT2D eigenvalue weighted by molar-refractivity contribution is 8.14. The van der Waals surface area contributed by atoms with E-state index in [1.807, 2.05) is 30.0 Å². The molecule has 27 heavy (non-hydrogen) atoms. The minimum atomic E-state index is 0. The maximum atomic E-state index is 4.94. The molecule has 1 aliphatic rings. The van der Waals surface area contributed by atoms with E-state index in [1.54, 1.807) is 0 Å². The van der Waals surface area contributed by atoms with Gasteiger partial charge in [-0.1, -0.05) is 42.5 Å². The quantitative estimate of drug-likeness (QED) is 0.449. The predicted molar refractivity (Wildman–Crippen MR) is 115 cm³/mol. The summed E-state index contributed by atoms with van der Waals surface area (Å²) in [5.41, 5.74) is 4.22. The summed E-state index contributed by atoms with van der Waals surface area (Å²) in [6.45, 7) is 8.05. The average Bonchev–Trinajstić information content (AvgIpc) is 2.87. The zero-order valence-electron chi connectivity index (χ0n) is 16.4. The lowest BCUT2D eigenvalue weighted by Gasteiger charge is -2.31. The molecule has 2 aromatic carbocycles. The smallest absolute Gasteiger partial charge is 0.0896 e. The number of para-hydroxylation sites is 2. The molecule has 0 atom stereocenters. The first-order valence-electron chi connectivity index (χ1n) is 9.39. The molecule has 0 saturated heterocycles. The van der Waals surface area contributed by atoms with E-state index in [0.717, 1.165) is 45.3 Å². The number of aliphatic imine (C=N–C) groups is 2. The van der Waals surface area contributed by atoms with Crippen LogP contribution in [0.25, 0.3) is 0 Å². The number of rotatable bonds is 6. The van der Waals surface area contributed by atoms with Crippen LogP contribution < -0.4 is 24.0 Å². The number of hydrogen-bond donors (Lipinski definition) is 0. The van der Waals surface area contributed by atoms with E-state index in [1.165, 1.54) is 18.7 Å². The van der Waals surface area contributed by atoms with Crippen molar-refractivity contribution in [3.05, 3.63) is 60.2 Å². The molecular weight excluding hydrogens is 465 g/mol. The van der Waals surface area contributed by atoms with Gasteiger partial charge in [0.1, 0.15) is 0 Å². The molecule has 0 aliphatic carbocycles. The molecule has 1 heterocycles. The van der Waals surface area contributed by atoms with Crippen molar-refractivity contribution in [1.29, 1.82) is 0 Å². The molecule has 0 saturated carbocycles. The topological polar surface area (TPSA) is 24.7 Å². The van der Waals surface area contributed by atoms with E-state index in [9.17, 15) is 0 Å². The van der Waals surface area contributed by atoms with Crippen LogP contribution >= 0.6 is 11.8 Å². The van der Waals surface area contributed by atoms with Crippen LogP contribution in [0.15, 0.2) is 64.6 Å². The Bertz CT molecular complexity index is 798. The molecule has 1 aliphatic heterocycles. The SMILES string of the molecule is CC[N+](C)(CC)CCSC1=Nc2ccccc2N=C(c2ccccc2)C1.[I-]. The summed E-state index contributed by atoms with van der Waals surface area (Å²) in [6, 6.07) is 18.7. The van der Waals surface area contributed by atoms with Crippen LogP contribution in [0.1, 0.15) is 25.8 Å². The Morgan fingerprint density at radius 2 is 1.48 bits per heavy atom. The number of nitrogens with zero attached hydrogens (tertiary/aromatic N) is 3. The fourth-order valence-electron chi connectivity index (χ4n) is 2.96. The van der Waals surface area contributed by atoms with Gasteiger partial charge in [0.2, 0.25) is 0 Å². The van der Waals surface area contributed by atoms with Crippen molar-refractivity contribution in [2.45, 2.75) is 20.3 Å². The molecule has 0 spiro atoms. The Balaban J connectivity index is 0.00000261. The van der Waals surface area contributed by atoms with E-state index < -0.39 is 0 Å². The van der Waals surface area contributed by atoms with Gasteiger partial charge in [-0.05, 0) is 31.5 Å². The fourth-order valence-corrected chi connectivity index (χ4v) is 4.13. The summed E-state index contributed by atoms with van der Waals surface area (Å²) in [6.07, 6.45) is 0.797. The third-order valence-corrected chi connectivity index (χ3v) is 6.19. The van der Waals surface area contributed by atoms with Gasteiger partial charge in [-0.2, -0.15) is 0 Å². The molecule has 0 N–H and O–H groups in total. The first kappa shape index (κ1) is 22.1. The largest absolute Gasteiger partial charge is 1.00 e. The van der Waals surface area contributed by atoms with Gasteiger partial charge in [-0.15, -0.1) is 11.8 Å². The van der Waals surface area contributed by atoms with Crippen molar-refractivity contribution in [2.24, 2.45) is 9.98 Å². The minimum absolute atomic E-state index is 0. The molecule has 0 aromatic heterocycles. The van der Waals surface area contributed by atoms with Crippen LogP contribution in [0, 0.1) is 0 Å². The van der Waals surface area contributed by atoms with Crippen LogP contribution in [0.3, 0.4) is 0 Å². The molecule has 0 fully saturated rings. The Kier molecular flexibility index (Phi) is 8.51. The Labute approximate surface area is 184 Å².